The number of aromatic nitrogens is 2. The summed E-state index contributed by atoms with van der Waals surface area (Å²) in [7, 11) is 0. The van der Waals surface area contributed by atoms with E-state index in [1.165, 1.54) is 18.2 Å². The molecule has 3 aromatic rings. The summed E-state index contributed by atoms with van der Waals surface area (Å²) >= 11 is 0. The molecule has 4 rings (SSSR count). The lowest BCUT2D eigenvalue weighted by molar-refractivity contribution is -0.128. The van der Waals surface area contributed by atoms with Gasteiger partial charge in [-0.05, 0) is 30.3 Å². The summed E-state index contributed by atoms with van der Waals surface area (Å²) in [6.45, 7) is 0.611. The predicted molar refractivity (Wildman–Crippen MR) is 88.9 cm³/mol. The van der Waals surface area contributed by atoms with Crippen LogP contribution in [0.5, 0.6) is 0 Å². The van der Waals surface area contributed by atoms with E-state index in [2.05, 4.69) is 10.1 Å². The van der Waals surface area contributed by atoms with Crippen LogP contribution in [0.2, 0.25) is 0 Å². The number of amides is 1. The van der Waals surface area contributed by atoms with Crippen molar-refractivity contribution in [2.45, 2.75) is 18.9 Å². The number of hydrogen-bond donors (Lipinski definition) is 0. The van der Waals surface area contributed by atoms with Crippen molar-refractivity contribution in [1.82, 2.24) is 15.0 Å². The lowest BCUT2D eigenvalue weighted by atomic mass is 10.1. The van der Waals surface area contributed by atoms with Crippen LogP contribution >= 0.6 is 0 Å². The average molecular weight is 355 g/mol. The van der Waals surface area contributed by atoms with Crippen LogP contribution in [0.25, 0.3) is 11.5 Å². The van der Waals surface area contributed by atoms with Gasteiger partial charge in [0.05, 0.1) is 0 Å². The number of carbonyl (C=O) groups excluding carboxylic acids is 1. The highest BCUT2D eigenvalue weighted by molar-refractivity contribution is 5.79. The van der Waals surface area contributed by atoms with Crippen molar-refractivity contribution >= 4 is 5.91 Å². The maximum absolute atomic E-state index is 13.8. The summed E-state index contributed by atoms with van der Waals surface area (Å²) in [6, 6.07) is 12.1. The van der Waals surface area contributed by atoms with Crippen LogP contribution in [-0.2, 0) is 11.3 Å². The molecule has 5 nitrogen and oxygen atoms in total. The number of carbonyl (C=O) groups is 1. The molecule has 1 unspecified atom stereocenters. The van der Waals surface area contributed by atoms with E-state index in [1.807, 2.05) is 0 Å². The minimum Gasteiger partial charge on any atom is -0.337 e. The second-order valence-electron chi connectivity index (χ2n) is 6.23. The molecular formula is C19H15F2N3O2. The van der Waals surface area contributed by atoms with Crippen LogP contribution < -0.4 is 0 Å². The summed E-state index contributed by atoms with van der Waals surface area (Å²) in [4.78, 5) is 18.2. The number of nitrogens with zero attached hydrogens (tertiary/aromatic N) is 3. The predicted octanol–water partition coefficient (Wildman–Crippen LogP) is 3.53. The molecule has 1 fully saturated rings. The van der Waals surface area contributed by atoms with Crippen molar-refractivity contribution in [2.24, 2.45) is 0 Å². The lowest BCUT2D eigenvalue weighted by Gasteiger charge is -2.16. The molecule has 2 aromatic carbocycles. The normalized spacial score (nSPS) is 17.1. The third kappa shape index (κ3) is 3.20. The van der Waals surface area contributed by atoms with Gasteiger partial charge in [0.25, 0.3) is 5.89 Å². The Morgan fingerprint density at radius 1 is 1.12 bits per heavy atom. The molecule has 1 aromatic heterocycles. The standard InChI is InChI=1S/C19H15F2N3O2/c20-15-7-5-12(6-8-15)19-22-18(23-26-19)14-9-17(25)24(11-14)10-13-3-1-2-4-16(13)21/h1-8,14H,9-11H2. The molecule has 1 aliphatic heterocycles. The van der Waals surface area contributed by atoms with Crippen LogP contribution in [-0.4, -0.2) is 27.5 Å². The highest BCUT2D eigenvalue weighted by Gasteiger charge is 2.34. The molecular weight excluding hydrogens is 340 g/mol. The van der Waals surface area contributed by atoms with Gasteiger partial charge in [-0.15, -0.1) is 0 Å². The van der Waals surface area contributed by atoms with E-state index in [0.717, 1.165) is 0 Å². The van der Waals surface area contributed by atoms with Gasteiger partial charge >= 0.3 is 0 Å². The third-order valence-corrected chi connectivity index (χ3v) is 4.43. The zero-order valence-corrected chi connectivity index (χ0v) is 13.7. The van der Waals surface area contributed by atoms with E-state index >= 15 is 0 Å². The fourth-order valence-electron chi connectivity index (χ4n) is 3.04. The van der Waals surface area contributed by atoms with Crippen molar-refractivity contribution < 1.29 is 18.1 Å². The Labute approximate surface area is 148 Å². The summed E-state index contributed by atoms with van der Waals surface area (Å²) in [5.41, 5.74) is 1.08. The Morgan fingerprint density at radius 2 is 1.88 bits per heavy atom. The zero-order chi connectivity index (χ0) is 18.1. The van der Waals surface area contributed by atoms with Crippen LogP contribution in [0.15, 0.2) is 53.1 Å². The summed E-state index contributed by atoms with van der Waals surface area (Å²) < 4.78 is 32.1. The van der Waals surface area contributed by atoms with Gasteiger partial charge in [-0.2, -0.15) is 4.98 Å². The average Bonchev–Trinajstić information content (AvgIpc) is 3.25. The molecule has 0 bridgehead atoms. The topological polar surface area (TPSA) is 59.2 Å². The molecule has 1 aliphatic rings. The van der Waals surface area contributed by atoms with Gasteiger partial charge in [0.1, 0.15) is 11.6 Å². The number of benzene rings is 2. The quantitative estimate of drug-likeness (QED) is 0.718. The Morgan fingerprint density at radius 3 is 2.65 bits per heavy atom. The molecule has 0 N–H and O–H groups in total. The summed E-state index contributed by atoms with van der Waals surface area (Å²) in [6.07, 6.45) is 0.247. The van der Waals surface area contributed by atoms with Crippen LogP contribution in [0.4, 0.5) is 8.78 Å². The summed E-state index contributed by atoms with van der Waals surface area (Å²) in [5, 5.41) is 3.96. The van der Waals surface area contributed by atoms with Gasteiger partial charge in [0.2, 0.25) is 5.91 Å². The van der Waals surface area contributed by atoms with Gasteiger partial charge in [-0.25, -0.2) is 8.78 Å². The minimum atomic E-state index is -0.348. The molecule has 0 saturated carbocycles. The van der Waals surface area contributed by atoms with Gasteiger partial charge in [0, 0.05) is 36.6 Å². The molecule has 1 atom stereocenters. The third-order valence-electron chi connectivity index (χ3n) is 4.43. The SMILES string of the molecule is O=C1CC(c2noc(-c3ccc(F)cc3)n2)CN1Cc1ccccc1F. The highest BCUT2D eigenvalue weighted by Crippen LogP contribution is 2.29. The van der Waals surface area contributed by atoms with E-state index in [4.69, 9.17) is 4.52 Å². The van der Waals surface area contributed by atoms with E-state index in [1.54, 1.807) is 35.2 Å². The molecule has 1 saturated heterocycles. The van der Waals surface area contributed by atoms with Crippen molar-refractivity contribution in [1.29, 1.82) is 0 Å². The highest BCUT2D eigenvalue weighted by atomic mass is 19.1. The molecule has 7 heteroatoms. The van der Waals surface area contributed by atoms with E-state index in [9.17, 15) is 13.6 Å². The fourth-order valence-corrected chi connectivity index (χ4v) is 3.04. The van der Waals surface area contributed by atoms with Gasteiger partial charge in [-0.3, -0.25) is 4.79 Å². The molecule has 2 heterocycles. The van der Waals surface area contributed by atoms with Gasteiger partial charge < -0.3 is 9.42 Å². The van der Waals surface area contributed by atoms with Crippen molar-refractivity contribution in [3.05, 3.63) is 71.6 Å². The number of rotatable bonds is 4. The first-order chi connectivity index (χ1) is 12.6. The maximum Gasteiger partial charge on any atom is 0.257 e. The Hall–Kier alpha value is -3.09. The molecule has 0 radical (unpaired) electrons. The molecule has 0 spiro atoms. The van der Waals surface area contributed by atoms with Crippen LogP contribution in [0.1, 0.15) is 23.7 Å². The number of hydrogen-bond acceptors (Lipinski definition) is 4. The first-order valence-electron chi connectivity index (χ1n) is 8.21. The van der Waals surface area contributed by atoms with E-state index in [0.29, 0.717) is 23.5 Å². The Balaban J connectivity index is 1.49. The molecule has 0 aliphatic carbocycles. The lowest BCUT2D eigenvalue weighted by Crippen LogP contribution is -2.25. The van der Waals surface area contributed by atoms with Crippen LogP contribution in [0, 0.1) is 11.6 Å². The molecule has 1 amide bonds. The number of halogens is 2. The van der Waals surface area contributed by atoms with Crippen molar-refractivity contribution in [2.75, 3.05) is 6.54 Å². The molecule has 26 heavy (non-hydrogen) atoms. The Kier molecular flexibility index (Phi) is 4.20. The van der Waals surface area contributed by atoms with Crippen molar-refractivity contribution in [3.8, 4) is 11.5 Å². The van der Waals surface area contributed by atoms with Gasteiger partial charge in [-0.1, -0.05) is 23.4 Å². The number of likely N-dealkylation sites (tertiary alicyclic amines) is 1. The van der Waals surface area contributed by atoms with E-state index < -0.39 is 0 Å². The van der Waals surface area contributed by atoms with Crippen molar-refractivity contribution in [3.63, 3.8) is 0 Å². The monoisotopic (exact) mass is 355 g/mol. The molecule has 132 valence electrons. The second kappa shape index (κ2) is 6.67. The smallest absolute Gasteiger partial charge is 0.257 e. The van der Waals surface area contributed by atoms with Gasteiger partial charge in [0.15, 0.2) is 5.82 Å². The second-order valence-corrected chi connectivity index (χ2v) is 6.23. The Bertz CT molecular complexity index is 940. The van der Waals surface area contributed by atoms with Crippen LogP contribution in [0.3, 0.4) is 0 Å². The minimum absolute atomic E-state index is 0.0774. The van der Waals surface area contributed by atoms with E-state index in [-0.39, 0.29) is 42.3 Å². The summed E-state index contributed by atoms with van der Waals surface area (Å²) in [5.74, 6) is -0.270. The fraction of sp³-hybridized carbons (Fsp3) is 0.211. The first kappa shape index (κ1) is 16.4. The largest absolute Gasteiger partial charge is 0.337 e. The first-order valence-corrected chi connectivity index (χ1v) is 8.21. The maximum atomic E-state index is 13.8. The zero-order valence-electron chi connectivity index (χ0n) is 13.7.